The Labute approximate surface area is 102 Å². The predicted molar refractivity (Wildman–Crippen MR) is 63.1 cm³/mol. The molecule has 0 bridgehead atoms. The van der Waals surface area contributed by atoms with E-state index in [1.165, 1.54) is 26.3 Å². The van der Waals surface area contributed by atoms with Gasteiger partial charge in [0.25, 0.3) is 5.91 Å². The van der Waals surface area contributed by atoms with Gasteiger partial charge in [0, 0.05) is 17.1 Å². The third-order valence-corrected chi connectivity index (χ3v) is 2.48. The van der Waals surface area contributed by atoms with Crippen LogP contribution in [-0.4, -0.2) is 42.3 Å². The molecule has 0 radical (unpaired) electrons. The molecule has 0 aliphatic rings. The van der Waals surface area contributed by atoms with E-state index in [9.17, 15) is 4.79 Å². The Hall–Kier alpha value is -0.885. The highest BCUT2D eigenvalue weighted by molar-refractivity contribution is 9.10. The SMILES string of the molecule is CON(C)C(=O)c1cc(Br)cc(B(O)O)c1. The van der Waals surface area contributed by atoms with Crippen LogP contribution in [-0.2, 0) is 4.84 Å². The largest absolute Gasteiger partial charge is 0.488 e. The molecule has 7 heteroatoms. The third-order valence-electron chi connectivity index (χ3n) is 2.03. The van der Waals surface area contributed by atoms with Crippen LogP contribution < -0.4 is 5.46 Å². The monoisotopic (exact) mass is 287 g/mol. The topological polar surface area (TPSA) is 70.0 Å². The van der Waals surface area contributed by atoms with Crippen LogP contribution in [0, 0.1) is 0 Å². The highest BCUT2D eigenvalue weighted by Crippen LogP contribution is 2.12. The summed E-state index contributed by atoms with van der Waals surface area (Å²) in [5, 5.41) is 19.1. The number of amides is 1. The van der Waals surface area contributed by atoms with Crippen molar-refractivity contribution in [3.05, 3.63) is 28.2 Å². The van der Waals surface area contributed by atoms with Crippen molar-refractivity contribution in [1.82, 2.24) is 5.06 Å². The Kier molecular flexibility index (Phi) is 4.49. The van der Waals surface area contributed by atoms with Crippen molar-refractivity contribution in [2.75, 3.05) is 14.2 Å². The Morgan fingerprint density at radius 2 is 2.06 bits per heavy atom. The molecule has 0 heterocycles. The number of hydrogen-bond donors (Lipinski definition) is 2. The van der Waals surface area contributed by atoms with E-state index in [2.05, 4.69) is 15.9 Å². The number of carbonyl (C=O) groups excluding carboxylic acids is 1. The predicted octanol–water partition coefficient (Wildman–Crippen LogP) is -0.238. The minimum Gasteiger partial charge on any atom is -0.423 e. The second-order valence-corrected chi connectivity index (χ2v) is 4.05. The molecule has 1 aromatic carbocycles. The van der Waals surface area contributed by atoms with Crippen molar-refractivity contribution in [3.8, 4) is 0 Å². The molecule has 1 aromatic rings. The van der Waals surface area contributed by atoms with Crippen molar-refractivity contribution < 1.29 is 19.7 Å². The fraction of sp³-hybridized carbons (Fsp3) is 0.222. The van der Waals surface area contributed by atoms with E-state index in [-0.39, 0.29) is 11.4 Å². The van der Waals surface area contributed by atoms with Crippen LogP contribution in [0.3, 0.4) is 0 Å². The summed E-state index contributed by atoms with van der Waals surface area (Å²) in [5.74, 6) is -0.370. The van der Waals surface area contributed by atoms with Gasteiger partial charge in [0.15, 0.2) is 0 Å². The highest BCUT2D eigenvalue weighted by Gasteiger charge is 2.17. The van der Waals surface area contributed by atoms with E-state index >= 15 is 0 Å². The summed E-state index contributed by atoms with van der Waals surface area (Å²) < 4.78 is 0.589. The molecule has 5 nitrogen and oxygen atoms in total. The number of rotatable bonds is 3. The number of carbonyl (C=O) groups is 1. The van der Waals surface area contributed by atoms with Crippen LogP contribution in [0.1, 0.15) is 10.4 Å². The van der Waals surface area contributed by atoms with Crippen molar-refractivity contribution in [2.45, 2.75) is 0 Å². The van der Waals surface area contributed by atoms with E-state index in [0.717, 1.165) is 5.06 Å². The van der Waals surface area contributed by atoms with Gasteiger partial charge in [0.2, 0.25) is 0 Å². The molecule has 1 rings (SSSR count). The van der Waals surface area contributed by atoms with Gasteiger partial charge in [-0.05, 0) is 23.7 Å². The number of hydroxylamine groups is 2. The number of benzene rings is 1. The van der Waals surface area contributed by atoms with E-state index in [1.54, 1.807) is 6.07 Å². The summed E-state index contributed by atoms with van der Waals surface area (Å²) in [7, 11) is 1.23. The number of halogens is 1. The third kappa shape index (κ3) is 3.05. The molecule has 0 saturated heterocycles. The first-order chi connectivity index (χ1) is 7.45. The van der Waals surface area contributed by atoms with Gasteiger partial charge in [0.1, 0.15) is 0 Å². The maximum atomic E-state index is 11.7. The lowest BCUT2D eigenvalue weighted by Gasteiger charge is -2.14. The average molecular weight is 288 g/mol. The van der Waals surface area contributed by atoms with Crippen LogP contribution >= 0.6 is 15.9 Å². The molecule has 0 unspecified atom stereocenters. The highest BCUT2D eigenvalue weighted by atomic mass is 79.9. The van der Waals surface area contributed by atoms with Crippen LogP contribution in [0.15, 0.2) is 22.7 Å². The van der Waals surface area contributed by atoms with Gasteiger partial charge in [-0.3, -0.25) is 9.63 Å². The van der Waals surface area contributed by atoms with Crippen molar-refractivity contribution in [3.63, 3.8) is 0 Å². The Bertz CT molecular complexity index is 399. The van der Waals surface area contributed by atoms with Gasteiger partial charge >= 0.3 is 7.12 Å². The summed E-state index contributed by atoms with van der Waals surface area (Å²) >= 11 is 3.19. The van der Waals surface area contributed by atoms with Crippen LogP contribution in [0.4, 0.5) is 0 Å². The summed E-state index contributed by atoms with van der Waals surface area (Å²) in [5.41, 5.74) is 0.545. The van der Waals surface area contributed by atoms with Gasteiger partial charge in [-0.15, -0.1) is 0 Å². The fourth-order valence-corrected chi connectivity index (χ4v) is 1.66. The second-order valence-electron chi connectivity index (χ2n) is 3.13. The van der Waals surface area contributed by atoms with Crippen molar-refractivity contribution in [2.24, 2.45) is 0 Å². The Balaban J connectivity index is 3.09. The van der Waals surface area contributed by atoms with Gasteiger partial charge < -0.3 is 10.0 Å². The van der Waals surface area contributed by atoms with E-state index in [4.69, 9.17) is 14.9 Å². The summed E-state index contributed by atoms with van der Waals surface area (Å²) in [6.07, 6.45) is 0. The zero-order chi connectivity index (χ0) is 12.3. The first-order valence-electron chi connectivity index (χ1n) is 4.44. The van der Waals surface area contributed by atoms with Gasteiger partial charge in [-0.25, -0.2) is 5.06 Å². The summed E-state index contributed by atoms with van der Waals surface area (Å²) in [4.78, 5) is 16.5. The average Bonchev–Trinajstić information content (AvgIpc) is 2.26. The molecule has 1 amide bonds. The van der Waals surface area contributed by atoms with E-state index in [0.29, 0.717) is 10.0 Å². The molecule has 0 aromatic heterocycles. The lowest BCUT2D eigenvalue weighted by Crippen LogP contribution is -2.32. The molecule has 86 valence electrons. The Morgan fingerprint density at radius 1 is 1.44 bits per heavy atom. The number of nitrogens with zero attached hydrogens (tertiary/aromatic N) is 1. The smallest absolute Gasteiger partial charge is 0.423 e. The molecule has 0 spiro atoms. The fourth-order valence-electron chi connectivity index (χ4n) is 1.15. The first-order valence-corrected chi connectivity index (χ1v) is 5.23. The maximum Gasteiger partial charge on any atom is 0.488 e. The van der Waals surface area contributed by atoms with Gasteiger partial charge in [-0.2, -0.15) is 0 Å². The lowest BCUT2D eigenvalue weighted by molar-refractivity contribution is -0.0756. The minimum atomic E-state index is -1.61. The zero-order valence-corrected chi connectivity index (χ0v) is 10.4. The van der Waals surface area contributed by atoms with Gasteiger partial charge in [0.05, 0.1) is 7.11 Å². The van der Waals surface area contributed by atoms with Crippen molar-refractivity contribution >= 4 is 34.4 Å². The molecule has 0 aliphatic carbocycles. The lowest BCUT2D eigenvalue weighted by atomic mass is 9.79. The van der Waals surface area contributed by atoms with Gasteiger partial charge in [-0.1, -0.05) is 15.9 Å². The standard InChI is InChI=1S/C9H11BBrNO4/c1-12(16-2)9(13)6-3-7(10(14)15)5-8(11)4-6/h3-5,14-15H,1-2H3. The molecular formula is C9H11BBrNO4. The molecule has 16 heavy (non-hydrogen) atoms. The van der Waals surface area contributed by atoms with Crippen LogP contribution in [0.25, 0.3) is 0 Å². The molecule has 0 atom stereocenters. The zero-order valence-electron chi connectivity index (χ0n) is 8.85. The van der Waals surface area contributed by atoms with Crippen molar-refractivity contribution in [1.29, 1.82) is 0 Å². The number of hydrogen-bond acceptors (Lipinski definition) is 4. The second kappa shape index (κ2) is 5.45. The molecule has 0 saturated carbocycles. The quantitative estimate of drug-likeness (QED) is 0.595. The normalized spacial score (nSPS) is 10.1. The molecular weight excluding hydrogens is 277 g/mol. The maximum absolute atomic E-state index is 11.7. The molecule has 2 N–H and O–H groups in total. The van der Waals surface area contributed by atoms with E-state index < -0.39 is 7.12 Å². The van der Waals surface area contributed by atoms with E-state index in [1.807, 2.05) is 0 Å². The minimum absolute atomic E-state index is 0.238. The van der Waals surface area contributed by atoms with Crippen LogP contribution in [0.2, 0.25) is 0 Å². The van der Waals surface area contributed by atoms with Crippen LogP contribution in [0.5, 0.6) is 0 Å². The molecule has 0 fully saturated rings. The molecule has 0 aliphatic heterocycles. The summed E-state index contributed by atoms with van der Waals surface area (Å²) in [6, 6.07) is 4.49. The first kappa shape index (κ1) is 13.2. The Morgan fingerprint density at radius 3 is 2.56 bits per heavy atom. The summed E-state index contributed by atoms with van der Waals surface area (Å²) in [6.45, 7) is 0.